The van der Waals surface area contributed by atoms with Crippen LogP contribution in [0.4, 0.5) is 0 Å². The molecule has 2 aromatic heterocycles. The minimum absolute atomic E-state index is 0. The lowest BCUT2D eigenvalue weighted by atomic mass is 9.95. The predicted octanol–water partition coefficient (Wildman–Crippen LogP) is 1.91. The summed E-state index contributed by atoms with van der Waals surface area (Å²) in [5.41, 5.74) is 3.11. The van der Waals surface area contributed by atoms with Crippen LogP contribution in [0.1, 0.15) is 24.2 Å². The molecule has 0 aliphatic carbocycles. The molecule has 2 aliphatic heterocycles. The van der Waals surface area contributed by atoms with Gasteiger partial charge in [0.1, 0.15) is 5.65 Å². The number of hydrogen-bond acceptors (Lipinski definition) is 4. The lowest BCUT2D eigenvalue weighted by Gasteiger charge is -2.36. The first kappa shape index (κ1) is 22.8. The summed E-state index contributed by atoms with van der Waals surface area (Å²) >= 11 is 0. The van der Waals surface area contributed by atoms with Gasteiger partial charge in [0, 0.05) is 51.0 Å². The number of nitrogens with zero attached hydrogens (tertiary/aromatic N) is 5. The number of ether oxygens (including phenoxy) is 1. The zero-order valence-electron chi connectivity index (χ0n) is 17.7. The first-order valence-electron chi connectivity index (χ1n) is 10.4. The van der Waals surface area contributed by atoms with Crippen molar-refractivity contribution in [1.82, 2.24) is 24.5 Å². The fraction of sp³-hybridized carbons (Fsp3) is 0.571. The number of amides is 1. The zero-order valence-corrected chi connectivity index (χ0v) is 20.0. The second-order valence-electron chi connectivity index (χ2n) is 7.73. The third-order valence-corrected chi connectivity index (χ3v) is 5.85. The summed E-state index contributed by atoms with van der Waals surface area (Å²) in [5.74, 6) is 1.27. The molecule has 9 heteroatoms. The quantitative estimate of drug-likeness (QED) is 0.376. The van der Waals surface area contributed by atoms with Crippen LogP contribution < -0.4 is 5.32 Å². The summed E-state index contributed by atoms with van der Waals surface area (Å²) in [6, 6.07) is 6.12. The number of likely N-dealkylation sites (tertiary alicyclic amines) is 1. The van der Waals surface area contributed by atoms with Crippen molar-refractivity contribution < 1.29 is 9.53 Å². The van der Waals surface area contributed by atoms with E-state index in [0.29, 0.717) is 19.8 Å². The molecular formula is C21H31IN6O2. The Labute approximate surface area is 194 Å². The van der Waals surface area contributed by atoms with Crippen LogP contribution in [0.5, 0.6) is 0 Å². The van der Waals surface area contributed by atoms with Gasteiger partial charge in [0.25, 0.3) is 0 Å². The number of fused-ring (bicyclic) bond motifs is 1. The number of halogens is 1. The number of imidazole rings is 1. The second-order valence-corrected chi connectivity index (χ2v) is 7.73. The molecule has 2 aliphatic rings. The van der Waals surface area contributed by atoms with Crippen LogP contribution in [0, 0.1) is 12.8 Å². The molecule has 2 aromatic rings. The van der Waals surface area contributed by atoms with Gasteiger partial charge < -0.3 is 24.3 Å². The van der Waals surface area contributed by atoms with E-state index in [4.69, 9.17) is 4.74 Å². The molecule has 8 nitrogen and oxygen atoms in total. The Bertz CT molecular complexity index is 885. The minimum atomic E-state index is 0. The van der Waals surface area contributed by atoms with Gasteiger partial charge in [-0.2, -0.15) is 0 Å². The highest BCUT2D eigenvalue weighted by Crippen LogP contribution is 2.20. The van der Waals surface area contributed by atoms with Gasteiger partial charge in [-0.25, -0.2) is 4.98 Å². The average molecular weight is 526 g/mol. The summed E-state index contributed by atoms with van der Waals surface area (Å²) in [4.78, 5) is 26.0. The van der Waals surface area contributed by atoms with Gasteiger partial charge in [-0.1, -0.05) is 6.07 Å². The average Bonchev–Trinajstić information content (AvgIpc) is 3.19. The number of morpholine rings is 1. The molecule has 0 aromatic carbocycles. The van der Waals surface area contributed by atoms with E-state index in [1.807, 2.05) is 17.0 Å². The van der Waals surface area contributed by atoms with Crippen molar-refractivity contribution in [2.24, 2.45) is 10.9 Å². The van der Waals surface area contributed by atoms with Crippen LogP contribution in [0.2, 0.25) is 0 Å². The van der Waals surface area contributed by atoms with Crippen LogP contribution in [0.25, 0.3) is 5.65 Å². The topological polar surface area (TPSA) is 74.5 Å². The fourth-order valence-electron chi connectivity index (χ4n) is 4.17. The van der Waals surface area contributed by atoms with Crippen LogP contribution >= 0.6 is 24.0 Å². The van der Waals surface area contributed by atoms with Crippen molar-refractivity contribution in [1.29, 1.82) is 0 Å². The van der Waals surface area contributed by atoms with E-state index < -0.39 is 0 Å². The van der Waals surface area contributed by atoms with Crippen molar-refractivity contribution in [3.05, 3.63) is 35.8 Å². The highest BCUT2D eigenvalue weighted by molar-refractivity contribution is 14.0. The van der Waals surface area contributed by atoms with E-state index in [1.54, 1.807) is 7.05 Å². The number of aryl methyl sites for hydroxylation is 1. The number of nitrogens with one attached hydrogen (secondary N) is 1. The minimum Gasteiger partial charge on any atom is -0.378 e. The number of carbonyl (C=O) groups is 1. The first-order valence-corrected chi connectivity index (χ1v) is 10.4. The smallest absolute Gasteiger partial charge is 0.225 e. The van der Waals surface area contributed by atoms with Gasteiger partial charge in [0.15, 0.2) is 5.96 Å². The normalized spacial score (nSPS) is 18.4. The Morgan fingerprint density at radius 2 is 1.93 bits per heavy atom. The van der Waals surface area contributed by atoms with Crippen LogP contribution in [-0.2, 0) is 16.1 Å². The molecule has 4 heterocycles. The number of guanidine groups is 1. The maximum absolute atomic E-state index is 12.7. The van der Waals surface area contributed by atoms with E-state index in [-0.39, 0.29) is 35.8 Å². The Balaban J connectivity index is 0.00000256. The van der Waals surface area contributed by atoms with E-state index in [0.717, 1.165) is 62.0 Å². The highest BCUT2D eigenvalue weighted by Gasteiger charge is 2.30. The Kier molecular flexibility index (Phi) is 7.93. The Hall–Kier alpha value is -1.88. The maximum atomic E-state index is 12.7. The molecule has 0 unspecified atom stereocenters. The number of aliphatic imine (C=N–C) groups is 1. The summed E-state index contributed by atoms with van der Waals surface area (Å²) in [5, 5.41) is 3.43. The SMILES string of the molecule is CN=C(NCc1cn2c(C)cccc2n1)N1CCC(C(=O)N2CCOCC2)CC1.I. The number of hydrogen-bond donors (Lipinski definition) is 1. The summed E-state index contributed by atoms with van der Waals surface area (Å²) in [6.45, 7) is 7.14. The molecule has 30 heavy (non-hydrogen) atoms. The molecular weight excluding hydrogens is 495 g/mol. The third kappa shape index (κ3) is 5.05. The molecule has 2 saturated heterocycles. The number of aromatic nitrogens is 2. The highest BCUT2D eigenvalue weighted by atomic mass is 127. The van der Waals surface area contributed by atoms with Gasteiger partial charge in [0.2, 0.25) is 5.91 Å². The molecule has 1 amide bonds. The summed E-state index contributed by atoms with van der Waals surface area (Å²) in [7, 11) is 1.81. The summed E-state index contributed by atoms with van der Waals surface area (Å²) < 4.78 is 7.46. The molecule has 2 fully saturated rings. The fourth-order valence-corrected chi connectivity index (χ4v) is 4.17. The van der Waals surface area contributed by atoms with Crippen molar-refractivity contribution in [2.45, 2.75) is 26.3 Å². The second kappa shape index (κ2) is 10.4. The van der Waals surface area contributed by atoms with Crippen LogP contribution in [-0.4, -0.2) is 77.5 Å². The standard InChI is InChI=1S/C21H30N6O2.HI/c1-16-4-3-5-19-24-18(15-27(16)19)14-23-21(22-2)26-8-6-17(7-9-26)20(28)25-10-12-29-13-11-25;/h3-5,15,17H,6-14H2,1-2H3,(H,22,23);1H. The Morgan fingerprint density at radius 1 is 1.20 bits per heavy atom. The number of pyridine rings is 1. The Morgan fingerprint density at radius 3 is 2.60 bits per heavy atom. The monoisotopic (exact) mass is 526 g/mol. The van der Waals surface area contributed by atoms with Gasteiger partial charge in [-0.3, -0.25) is 9.79 Å². The molecule has 0 radical (unpaired) electrons. The van der Waals surface area contributed by atoms with Gasteiger partial charge >= 0.3 is 0 Å². The molecule has 0 saturated carbocycles. The van der Waals surface area contributed by atoms with E-state index in [9.17, 15) is 4.79 Å². The summed E-state index contributed by atoms with van der Waals surface area (Å²) in [6.07, 6.45) is 3.80. The van der Waals surface area contributed by atoms with Crippen molar-refractivity contribution in [2.75, 3.05) is 46.4 Å². The van der Waals surface area contributed by atoms with Gasteiger partial charge in [-0.05, 0) is 31.9 Å². The van der Waals surface area contributed by atoms with Gasteiger partial charge in [0.05, 0.1) is 25.5 Å². The number of piperidine rings is 1. The predicted molar refractivity (Wildman–Crippen MR) is 127 cm³/mol. The van der Waals surface area contributed by atoms with Gasteiger partial charge in [-0.15, -0.1) is 24.0 Å². The van der Waals surface area contributed by atoms with E-state index >= 15 is 0 Å². The van der Waals surface area contributed by atoms with E-state index in [1.165, 1.54) is 0 Å². The lowest BCUT2D eigenvalue weighted by molar-refractivity contribution is -0.140. The molecule has 0 bridgehead atoms. The number of rotatable bonds is 3. The molecule has 4 rings (SSSR count). The van der Waals surface area contributed by atoms with Crippen LogP contribution in [0.3, 0.4) is 0 Å². The molecule has 164 valence electrons. The van der Waals surface area contributed by atoms with Crippen molar-refractivity contribution >= 4 is 41.5 Å². The molecule has 0 spiro atoms. The third-order valence-electron chi connectivity index (χ3n) is 5.85. The first-order chi connectivity index (χ1) is 14.2. The maximum Gasteiger partial charge on any atom is 0.225 e. The lowest BCUT2D eigenvalue weighted by Crippen LogP contribution is -2.49. The largest absolute Gasteiger partial charge is 0.378 e. The van der Waals surface area contributed by atoms with Crippen LogP contribution in [0.15, 0.2) is 29.4 Å². The molecule has 1 N–H and O–H groups in total. The van der Waals surface area contributed by atoms with Crippen molar-refractivity contribution in [3.8, 4) is 0 Å². The van der Waals surface area contributed by atoms with Crippen molar-refractivity contribution in [3.63, 3.8) is 0 Å². The molecule has 0 atom stereocenters. The van der Waals surface area contributed by atoms with E-state index in [2.05, 4.69) is 43.8 Å². The number of carbonyl (C=O) groups excluding carboxylic acids is 1. The zero-order chi connectivity index (χ0) is 20.2.